The molecule has 0 saturated carbocycles. The van der Waals surface area contributed by atoms with Gasteiger partial charge in [-0.1, -0.05) is 0 Å². The molecule has 27 heavy (non-hydrogen) atoms. The Kier molecular flexibility index (Phi) is 4.30. The molecule has 0 aliphatic carbocycles. The topological polar surface area (TPSA) is 97.4 Å². The van der Waals surface area contributed by atoms with Crippen LogP contribution in [0.4, 0.5) is 24.5 Å². The van der Waals surface area contributed by atoms with Gasteiger partial charge in [-0.25, -0.2) is 18.0 Å². The van der Waals surface area contributed by atoms with E-state index in [9.17, 15) is 27.9 Å². The van der Waals surface area contributed by atoms with Crippen LogP contribution in [0, 0.1) is 24.4 Å². The van der Waals surface area contributed by atoms with E-state index >= 15 is 0 Å². The highest BCUT2D eigenvalue weighted by Gasteiger charge is 2.22. The Bertz CT molecular complexity index is 1170. The molecule has 0 radical (unpaired) electrons. The Morgan fingerprint density at radius 1 is 1.15 bits per heavy atom. The molecule has 2 aromatic carbocycles. The van der Waals surface area contributed by atoms with Crippen LogP contribution >= 0.6 is 0 Å². The second-order valence-corrected chi connectivity index (χ2v) is 5.88. The minimum Gasteiger partial charge on any atom is -0.477 e. The van der Waals surface area contributed by atoms with E-state index in [1.54, 1.807) is 0 Å². The summed E-state index contributed by atoms with van der Waals surface area (Å²) in [6.07, 6.45) is 0.910. The molecule has 0 aliphatic heterocycles. The molecule has 3 rings (SSSR count). The lowest BCUT2D eigenvalue weighted by atomic mass is 10.0. The number of pyridine rings is 1. The highest BCUT2D eigenvalue weighted by Crippen LogP contribution is 2.31. The maximum Gasteiger partial charge on any atom is 0.341 e. The molecule has 0 unspecified atom stereocenters. The smallest absolute Gasteiger partial charge is 0.341 e. The zero-order valence-electron chi connectivity index (χ0n) is 14.2. The molecule has 1 aromatic heterocycles. The number of carboxylic acids is 1. The van der Waals surface area contributed by atoms with Crippen LogP contribution in [-0.4, -0.2) is 22.7 Å². The van der Waals surface area contributed by atoms with Crippen molar-refractivity contribution in [2.24, 2.45) is 0 Å². The molecule has 140 valence electrons. The van der Waals surface area contributed by atoms with Gasteiger partial charge in [0.2, 0.25) is 5.43 Å². The fourth-order valence-electron chi connectivity index (χ4n) is 3.04. The summed E-state index contributed by atoms with van der Waals surface area (Å²) in [5, 5.41) is 11.7. The number of halogens is 3. The molecule has 3 aromatic rings. The van der Waals surface area contributed by atoms with Crippen LogP contribution < -0.4 is 16.5 Å². The van der Waals surface area contributed by atoms with E-state index in [-0.39, 0.29) is 33.5 Å². The summed E-state index contributed by atoms with van der Waals surface area (Å²) in [7, 11) is 1.46. The summed E-state index contributed by atoms with van der Waals surface area (Å²) in [6, 6.07) is 2.40. The number of carbonyl (C=O) groups is 1. The Hall–Kier alpha value is -3.49. The van der Waals surface area contributed by atoms with Gasteiger partial charge in [-0.15, -0.1) is 0 Å². The number of anilines is 2. The number of nitrogens with zero attached hydrogens (tertiary/aromatic N) is 1. The van der Waals surface area contributed by atoms with E-state index in [1.807, 2.05) is 0 Å². The van der Waals surface area contributed by atoms with Crippen molar-refractivity contribution < 1.29 is 23.1 Å². The maximum absolute atomic E-state index is 14.4. The van der Waals surface area contributed by atoms with Gasteiger partial charge in [0, 0.05) is 19.3 Å². The summed E-state index contributed by atoms with van der Waals surface area (Å²) in [5.41, 5.74) is 3.60. The predicted molar refractivity (Wildman–Crippen MR) is 95.1 cm³/mol. The van der Waals surface area contributed by atoms with Crippen molar-refractivity contribution in [2.75, 3.05) is 18.1 Å². The molecule has 1 heterocycles. The van der Waals surface area contributed by atoms with E-state index in [0.717, 1.165) is 22.9 Å². The second kappa shape index (κ2) is 6.35. The van der Waals surface area contributed by atoms with Crippen LogP contribution in [0.3, 0.4) is 0 Å². The Morgan fingerprint density at radius 2 is 1.81 bits per heavy atom. The fraction of sp³-hybridized carbons (Fsp3) is 0.111. The van der Waals surface area contributed by atoms with Crippen molar-refractivity contribution in [2.45, 2.75) is 6.92 Å². The number of carboxylic acid groups (broad SMARTS) is 1. The van der Waals surface area contributed by atoms with Crippen molar-refractivity contribution >= 4 is 28.2 Å². The third-order valence-corrected chi connectivity index (χ3v) is 4.29. The number of nitrogen functional groups attached to an aromatic ring is 1. The van der Waals surface area contributed by atoms with Gasteiger partial charge in [-0.05, 0) is 24.6 Å². The number of rotatable bonds is 3. The lowest BCUT2D eigenvalue weighted by Crippen LogP contribution is -2.20. The first-order chi connectivity index (χ1) is 12.7. The molecule has 0 saturated heterocycles. The Labute approximate surface area is 150 Å². The molecule has 0 spiro atoms. The zero-order chi connectivity index (χ0) is 20.0. The second-order valence-electron chi connectivity index (χ2n) is 5.88. The monoisotopic (exact) mass is 377 g/mol. The number of fused-ring (bicyclic) bond motifs is 1. The van der Waals surface area contributed by atoms with Crippen LogP contribution in [0.2, 0.25) is 0 Å². The molecule has 0 bridgehead atoms. The van der Waals surface area contributed by atoms with E-state index in [0.29, 0.717) is 6.07 Å². The Morgan fingerprint density at radius 3 is 2.41 bits per heavy atom. The number of aryl methyl sites for hydroxylation is 1. The van der Waals surface area contributed by atoms with Gasteiger partial charge >= 0.3 is 5.97 Å². The summed E-state index contributed by atoms with van der Waals surface area (Å²) in [5.74, 6) is -4.36. The van der Waals surface area contributed by atoms with Crippen molar-refractivity contribution in [3.05, 3.63) is 63.2 Å². The number of aromatic carboxylic acids is 1. The summed E-state index contributed by atoms with van der Waals surface area (Å²) in [4.78, 5) is 24.0. The quantitative estimate of drug-likeness (QED) is 0.610. The lowest BCUT2D eigenvalue weighted by molar-refractivity contribution is 0.0695. The molecule has 0 fully saturated rings. The molecular formula is C18H14F3N3O3. The third kappa shape index (κ3) is 2.77. The van der Waals surface area contributed by atoms with Crippen LogP contribution in [0.15, 0.2) is 29.2 Å². The Balaban J connectivity index is 2.59. The normalized spacial score (nSPS) is 11.0. The number of hydrogen-bond acceptors (Lipinski definition) is 4. The van der Waals surface area contributed by atoms with Gasteiger partial charge in [0.15, 0.2) is 0 Å². The molecule has 9 heteroatoms. The van der Waals surface area contributed by atoms with E-state index in [1.165, 1.54) is 14.0 Å². The van der Waals surface area contributed by atoms with Crippen LogP contribution in [0.25, 0.3) is 16.6 Å². The van der Waals surface area contributed by atoms with Crippen molar-refractivity contribution in [1.82, 2.24) is 4.57 Å². The van der Waals surface area contributed by atoms with Gasteiger partial charge in [0.05, 0.1) is 28.0 Å². The minimum absolute atomic E-state index is 0.0502. The van der Waals surface area contributed by atoms with E-state index in [2.05, 4.69) is 5.32 Å². The molecule has 6 nitrogen and oxygen atoms in total. The molecule has 4 N–H and O–H groups in total. The average Bonchev–Trinajstić information content (AvgIpc) is 2.59. The van der Waals surface area contributed by atoms with E-state index in [4.69, 9.17) is 5.73 Å². The van der Waals surface area contributed by atoms with Crippen molar-refractivity contribution in [3.63, 3.8) is 0 Å². The molecular weight excluding hydrogens is 363 g/mol. The fourth-order valence-corrected chi connectivity index (χ4v) is 3.04. The highest BCUT2D eigenvalue weighted by atomic mass is 19.1. The standard InChI is InChI=1S/C18H14F3N3O3/c1-7-15(23-2)12(21)3-8-16(7)24(6-9(17(8)25)18(26)27)14-5-13(22)10(19)4-11(14)20/h3-6,23H,22H2,1-2H3,(H,26,27). The van der Waals surface area contributed by atoms with Gasteiger partial charge in [0.25, 0.3) is 0 Å². The summed E-state index contributed by atoms with van der Waals surface area (Å²) in [6.45, 7) is 1.48. The van der Waals surface area contributed by atoms with Crippen molar-refractivity contribution in [1.29, 1.82) is 0 Å². The first-order valence-electron chi connectivity index (χ1n) is 7.71. The summed E-state index contributed by atoms with van der Waals surface area (Å²) < 4.78 is 43.4. The number of nitrogens with one attached hydrogen (secondary N) is 1. The third-order valence-electron chi connectivity index (χ3n) is 4.29. The predicted octanol–water partition coefficient (Wildman–Crippen LogP) is 3.04. The first-order valence-corrected chi connectivity index (χ1v) is 7.71. The van der Waals surface area contributed by atoms with Gasteiger partial charge < -0.3 is 20.7 Å². The van der Waals surface area contributed by atoms with Gasteiger partial charge in [-0.3, -0.25) is 4.79 Å². The number of aromatic nitrogens is 1. The zero-order valence-corrected chi connectivity index (χ0v) is 14.2. The average molecular weight is 377 g/mol. The number of benzene rings is 2. The summed E-state index contributed by atoms with van der Waals surface area (Å²) >= 11 is 0. The SMILES string of the molecule is CNc1c(F)cc2c(=O)c(C(=O)O)cn(-c3cc(N)c(F)cc3F)c2c1C. The lowest BCUT2D eigenvalue weighted by Gasteiger charge is -2.18. The van der Waals surface area contributed by atoms with Gasteiger partial charge in [0.1, 0.15) is 23.0 Å². The van der Waals surface area contributed by atoms with Crippen LogP contribution in [0.1, 0.15) is 15.9 Å². The van der Waals surface area contributed by atoms with Crippen molar-refractivity contribution in [3.8, 4) is 5.69 Å². The minimum atomic E-state index is -1.57. The maximum atomic E-state index is 14.4. The van der Waals surface area contributed by atoms with E-state index < -0.39 is 34.4 Å². The molecule has 0 amide bonds. The molecule has 0 atom stereocenters. The number of nitrogens with two attached hydrogens (primary N) is 1. The highest BCUT2D eigenvalue weighted by molar-refractivity contribution is 5.95. The molecule has 0 aliphatic rings. The number of hydrogen-bond donors (Lipinski definition) is 3. The van der Waals surface area contributed by atoms with Gasteiger partial charge in [-0.2, -0.15) is 0 Å². The van der Waals surface area contributed by atoms with Crippen LogP contribution in [0.5, 0.6) is 0 Å². The first kappa shape index (κ1) is 18.3. The largest absolute Gasteiger partial charge is 0.477 e. The van der Waals surface area contributed by atoms with Crippen LogP contribution in [-0.2, 0) is 0 Å².